The normalized spacial score (nSPS) is 14.0. The molecule has 0 N–H and O–H groups in total. The second-order valence-electron chi connectivity index (χ2n) is 6.20. The first kappa shape index (κ1) is 14.8. The third kappa shape index (κ3) is 2.18. The Hall–Kier alpha value is -2.76. The maximum absolute atomic E-state index is 14.6. The number of hydrogen-bond donors (Lipinski definition) is 0. The van der Waals surface area contributed by atoms with Crippen molar-refractivity contribution in [2.75, 3.05) is 11.4 Å². The van der Waals surface area contributed by atoms with Gasteiger partial charge in [-0.3, -0.25) is 4.79 Å². The summed E-state index contributed by atoms with van der Waals surface area (Å²) in [7, 11) is 1.83. The van der Waals surface area contributed by atoms with Gasteiger partial charge < -0.3 is 9.47 Å². The predicted octanol–water partition coefficient (Wildman–Crippen LogP) is 3.01. The van der Waals surface area contributed by atoms with Crippen LogP contribution in [0.2, 0.25) is 0 Å². The standard InChI is InChI=1S/C18H17FN4O/c1-11-8-12-4-3-7-23(16(12)14(19)9-11)18(24)13-5-6-20-17-15(13)21-10-22(17)2/h5-6,8-10H,3-4,7H2,1-2H3. The number of rotatable bonds is 1. The van der Waals surface area contributed by atoms with E-state index >= 15 is 0 Å². The van der Waals surface area contributed by atoms with Gasteiger partial charge in [-0.1, -0.05) is 6.07 Å². The molecule has 3 aromatic rings. The van der Waals surface area contributed by atoms with E-state index in [1.165, 1.54) is 11.0 Å². The number of benzene rings is 1. The molecule has 0 saturated carbocycles. The van der Waals surface area contributed by atoms with Gasteiger partial charge in [-0.15, -0.1) is 0 Å². The molecule has 0 atom stereocenters. The molecule has 1 amide bonds. The fourth-order valence-electron chi connectivity index (χ4n) is 3.39. The van der Waals surface area contributed by atoms with Crippen LogP contribution in [0.25, 0.3) is 11.2 Å². The van der Waals surface area contributed by atoms with Crippen LogP contribution < -0.4 is 4.90 Å². The van der Waals surface area contributed by atoms with Gasteiger partial charge >= 0.3 is 0 Å². The van der Waals surface area contributed by atoms with E-state index in [0.29, 0.717) is 29.0 Å². The first-order valence-electron chi connectivity index (χ1n) is 7.93. The molecule has 2 aromatic heterocycles. The van der Waals surface area contributed by atoms with Crippen LogP contribution in [-0.2, 0) is 13.5 Å². The largest absolute Gasteiger partial charge is 0.318 e. The van der Waals surface area contributed by atoms with Gasteiger partial charge in [0.1, 0.15) is 11.3 Å². The fourth-order valence-corrected chi connectivity index (χ4v) is 3.39. The van der Waals surface area contributed by atoms with Crippen molar-refractivity contribution in [2.45, 2.75) is 19.8 Å². The molecule has 3 heterocycles. The minimum absolute atomic E-state index is 0.232. The number of fused-ring (bicyclic) bond motifs is 2. The topological polar surface area (TPSA) is 51.0 Å². The Morgan fingerprint density at radius 3 is 2.96 bits per heavy atom. The van der Waals surface area contributed by atoms with Crippen LogP contribution in [0, 0.1) is 12.7 Å². The number of anilines is 1. The van der Waals surface area contributed by atoms with Crippen molar-refractivity contribution in [1.82, 2.24) is 14.5 Å². The number of pyridine rings is 1. The van der Waals surface area contributed by atoms with Gasteiger partial charge in [0.2, 0.25) is 0 Å². The SMILES string of the molecule is Cc1cc(F)c2c(c1)CCCN2C(=O)c1ccnc2c1ncn2C. The van der Waals surface area contributed by atoms with E-state index in [1.54, 1.807) is 23.2 Å². The summed E-state index contributed by atoms with van der Waals surface area (Å²) in [6.07, 6.45) is 4.82. The number of carbonyl (C=O) groups is 1. The minimum Gasteiger partial charge on any atom is -0.318 e. The molecular weight excluding hydrogens is 307 g/mol. The van der Waals surface area contributed by atoms with E-state index < -0.39 is 0 Å². The molecule has 5 nitrogen and oxygen atoms in total. The first-order valence-corrected chi connectivity index (χ1v) is 7.93. The Balaban J connectivity index is 1.84. The summed E-state index contributed by atoms with van der Waals surface area (Å²) < 4.78 is 16.3. The maximum Gasteiger partial charge on any atom is 0.260 e. The summed E-state index contributed by atoms with van der Waals surface area (Å²) >= 11 is 0. The Labute approximate surface area is 138 Å². The number of amides is 1. The summed E-state index contributed by atoms with van der Waals surface area (Å²) in [5, 5.41) is 0. The Morgan fingerprint density at radius 1 is 1.29 bits per heavy atom. The van der Waals surface area contributed by atoms with Gasteiger partial charge in [0.25, 0.3) is 5.91 Å². The molecule has 0 bridgehead atoms. The van der Waals surface area contributed by atoms with E-state index in [4.69, 9.17) is 0 Å². The molecule has 0 spiro atoms. The van der Waals surface area contributed by atoms with Crippen LogP contribution in [0.3, 0.4) is 0 Å². The first-order chi connectivity index (χ1) is 11.6. The summed E-state index contributed by atoms with van der Waals surface area (Å²) in [5.74, 6) is -0.575. The number of aromatic nitrogens is 3. The zero-order chi connectivity index (χ0) is 16.8. The Morgan fingerprint density at radius 2 is 2.12 bits per heavy atom. The minimum atomic E-state index is -0.343. The summed E-state index contributed by atoms with van der Waals surface area (Å²) in [6.45, 7) is 2.37. The molecule has 1 aliphatic heterocycles. The molecule has 0 unspecified atom stereocenters. The van der Waals surface area contributed by atoms with Crippen LogP contribution in [-0.4, -0.2) is 27.0 Å². The molecule has 24 heavy (non-hydrogen) atoms. The Kier molecular flexibility index (Phi) is 3.33. The van der Waals surface area contributed by atoms with Crippen LogP contribution in [0.5, 0.6) is 0 Å². The average molecular weight is 324 g/mol. The molecule has 1 aliphatic rings. The fraction of sp³-hybridized carbons (Fsp3) is 0.278. The third-order valence-corrected chi connectivity index (χ3v) is 4.46. The molecule has 0 fully saturated rings. The van der Waals surface area contributed by atoms with E-state index in [0.717, 1.165) is 24.0 Å². The zero-order valence-electron chi connectivity index (χ0n) is 13.6. The molecule has 6 heteroatoms. The van der Waals surface area contributed by atoms with Crippen LogP contribution in [0.4, 0.5) is 10.1 Å². The van der Waals surface area contributed by atoms with Crippen molar-refractivity contribution >= 4 is 22.8 Å². The zero-order valence-corrected chi connectivity index (χ0v) is 13.6. The van der Waals surface area contributed by atoms with Crippen molar-refractivity contribution < 1.29 is 9.18 Å². The van der Waals surface area contributed by atoms with Crippen LogP contribution in [0.1, 0.15) is 27.9 Å². The van der Waals surface area contributed by atoms with Gasteiger partial charge in [-0.25, -0.2) is 14.4 Å². The highest BCUT2D eigenvalue weighted by atomic mass is 19.1. The molecule has 0 radical (unpaired) electrons. The lowest BCUT2D eigenvalue weighted by Crippen LogP contribution is -2.36. The number of nitrogens with zero attached hydrogens (tertiary/aromatic N) is 4. The van der Waals surface area contributed by atoms with E-state index in [2.05, 4.69) is 9.97 Å². The van der Waals surface area contributed by atoms with E-state index in [-0.39, 0.29) is 11.7 Å². The van der Waals surface area contributed by atoms with Crippen molar-refractivity contribution in [3.8, 4) is 0 Å². The highest BCUT2D eigenvalue weighted by Gasteiger charge is 2.28. The second kappa shape index (κ2) is 5.40. The molecule has 0 saturated heterocycles. The lowest BCUT2D eigenvalue weighted by atomic mass is 9.98. The highest BCUT2D eigenvalue weighted by molar-refractivity contribution is 6.12. The smallest absolute Gasteiger partial charge is 0.260 e. The molecule has 1 aromatic carbocycles. The van der Waals surface area contributed by atoms with Gasteiger partial charge in [0.05, 0.1) is 17.6 Å². The lowest BCUT2D eigenvalue weighted by molar-refractivity contribution is 0.0985. The number of halogens is 1. The monoisotopic (exact) mass is 324 g/mol. The number of hydrogen-bond acceptors (Lipinski definition) is 3. The number of carbonyl (C=O) groups excluding carboxylic acids is 1. The molecular formula is C18H17FN4O. The summed E-state index contributed by atoms with van der Waals surface area (Å²) in [4.78, 5) is 23.2. The Bertz CT molecular complexity index is 963. The second-order valence-corrected chi connectivity index (χ2v) is 6.20. The highest BCUT2D eigenvalue weighted by Crippen LogP contribution is 2.33. The summed E-state index contributed by atoms with van der Waals surface area (Å²) in [6, 6.07) is 5.09. The van der Waals surface area contributed by atoms with Crippen molar-refractivity contribution in [3.05, 3.63) is 53.2 Å². The van der Waals surface area contributed by atoms with Gasteiger partial charge in [-0.05, 0) is 43.0 Å². The van der Waals surface area contributed by atoms with E-state index in [1.807, 2.05) is 20.0 Å². The molecule has 4 rings (SSSR count). The maximum atomic E-state index is 14.6. The van der Waals surface area contributed by atoms with Gasteiger partial charge in [0, 0.05) is 19.8 Å². The van der Waals surface area contributed by atoms with E-state index in [9.17, 15) is 9.18 Å². The van der Waals surface area contributed by atoms with Crippen molar-refractivity contribution in [3.63, 3.8) is 0 Å². The van der Waals surface area contributed by atoms with Crippen molar-refractivity contribution in [2.24, 2.45) is 7.05 Å². The van der Waals surface area contributed by atoms with Gasteiger partial charge in [0.15, 0.2) is 5.65 Å². The molecule has 0 aliphatic carbocycles. The predicted molar refractivity (Wildman–Crippen MR) is 89.6 cm³/mol. The van der Waals surface area contributed by atoms with Gasteiger partial charge in [-0.2, -0.15) is 0 Å². The van der Waals surface area contributed by atoms with Crippen LogP contribution in [0.15, 0.2) is 30.7 Å². The third-order valence-electron chi connectivity index (χ3n) is 4.46. The molecule has 122 valence electrons. The van der Waals surface area contributed by atoms with Crippen molar-refractivity contribution in [1.29, 1.82) is 0 Å². The summed E-state index contributed by atoms with van der Waals surface area (Å²) in [5.41, 5.74) is 3.80. The lowest BCUT2D eigenvalue weighted by Gasteiger charge is -2.30. The number of imidazole rings is 1. The average Bonchev–Trinajstić information content (AvgIpc) is 2.95. The quantitative estimate of drug-likeness (QED) is 0.691. The number of aryl methyl sites for hydroxylation is 3. The van der Waals surface area contributed by atoms with Crippen LogP contribution >= 0.6 is 0 Å².